The van der Waals surface area contributed by atoms with E-state index in [0.29, 0.717) is 37.4 Å². The average molecular weight is 481 g/mol. The van der Waals surface area contributed by atoms with Crippen LogP contribution < -0.4 is 0 Å². The number of aliphatic carboxylic acids is 1. The van der Waals surface area contributed by atoms with Crippen LogP contribution in [0.2, 0.25) is 0 Å². The Bertz CT molecular complexity index is 1420. The van der Waals surface area contributed by atoms with E-state index in [0.717, 1.165) is 59.4 Å². The Morgan fingerprint density at radius 3 is 2.51 bits per heavy atom. The Hall–Kier alpha value is -3.33. The molecule has 7 nitrogen and oxygen atoms in total. The van der Waals surface area contributed by atoms with Crippen molar-refractivity contribution < 1.29 is 23.4 Å². The summed E-state index contributed by atoms with van der Waals surface area (Å²) < 4.78 is 36.0. The minimum absolute atomic E-state index is 0.130. The van der Waals surface area contributed by atoms with Gasteiger partial charge in [0.05, 0.1) is 23.1 Å². The molecule has 9 heteroatoms. The lowest BCUT2D eigenvalue weighted by molar-refractivity contribution is -0.142. The van der Waals surface area contributed by atoms with E-state index in [1.807, 2.05) is 10.6 Å². The number of fused-ring (bicyclic) bond motifs is 2. The van der Waals surface area contributed by atoms with Crippen molar-refractivity contribution in [2.45, 2.75) is 50.4 Å². The maximum absolute atomic E-state index is 14.4. The standard InChI is InChI=1S/C26H26F2N4O3/c27-19-6-5-18(12-20(19)28)32-21-11-17-13-29-31-25(17)30-23(21)22(24(32)15-7-9-35-10-8-15)14-1-3-16(4-2-14)26(33)34/h5-6,11-16H,1-4,7-10H2,(H,33,34)(H,29,30,31). The maximum atomic E-state index is 14.4. The highest BCUT2D eigenvalue weighted by Gasteiger charge is 2.35. The Balaban J connectivity index is 1.62. The number of nitrogens with zero attached hydrogens (tertiary/aromatic N) is 3. The molecule has 1 saturated carbocycles. The van der Waals surface area contributed by atoms with Gasteiger partial charge >= 0.3 is 5.97 Å². The molecule has 4 heterocycles. The smallest absolute Gasteiger partial charge is 0.306 e. The summed E-state index contributed by atoms with van der Waals surface area (Å²) in [7, 11) is 0. The fourth-order valence-electron chi connectivity index (χ4n) is 5.92. The van der Waals surface area contributed by atoms with Gasteiger partial charge in [-0.3, -0.25) is 9.89 Å². The summed E-state index contributed by atoms with van der Waals surface area (Å²) in [5.74, 6) is -2.57. The molecule has 1 aliphatic heterocycles. The fourth-order valence-corrected chi connectivity index (χ4v) is 5.92. The van der Waals surface area contributed by atoms with E-state index in [1.54, 1.807) is 12.3 Å². The summed E-state index contributed by atoms with van der Waals surface area (Å²) in [5.41, 5.74) is 5.00. The van der Waals surface area contributed by atoms with Crippen molar-refractivity contribution in [3.63, 3.8) is 0 Å². The van der Waals surface area contributed by atoms with E-state index in [1.165, 1.54) is 6.07 Å². The molecule has 6 rings (SSSR count). The number of ether oxygens (including phenoxy) is 1. The predicted molar refractivity (Wildman–Crippen MR) is 126 cm³/mol. The van der Waals surface area contributed by atoms with E-state index in [2.05, 4.69) is 10.2 Å². The maximum Gasteiger partial charge on any atom is 0.306 e. The minimum atomic E-state index is -0.900. The van der Waals surface area contributed by atoms with Gasteiger partial charge in [-0.15, -0.1) is 0 Å². The SMILES string of the molecule is O=C(O)C1CCC(c2c(C3CCOCC3)n(-c3ccc(F)c(F)c3)c3cc4cn[nH]c4nc23)CC1. The Morgan fingerprint density at radius 2 is 1.80 bits per heavy atom. The van der Waals surface area contributed by atoms with Crippen LogP contribution in [-0.4, -0.2) is 44.0 Å². The molecule has 0 radical (unpaired) electrons. The molecule has 3 aromatic heterocycles. The number of pyridine rings is 1. The first-order valence-corrected chi connectivity index (χ1v) is 12.2. The van der Waals surface area contributed by atoms with E-state index >= 15 is 0 Å². The molecule has 1 aliphatic carbocycles. The molecule has 0 bridgehead atoms. The lowest BCUT2D eigenvalue weighted by Gasteiger charge is -2.30. The molecule has 2 fully saturated rings. The molecule has 182 valence electrons. The van der Waals surface area contributed by atoms with Crippen LogP contribution in [0.1, 0.15) is 61.6 Å². The quantitative estimate of drug-likeness (QED) is 0.406. The normalized spacial score (nSPS) is 21.7. The van der Waals surface area contributed by atoms with Gasteiger partial charge < -0.3 is 14.4 Å². The third kappa shape index (κ3) is 3.78. The van der Waals surface area contributed by atoms with Crippen molar-refractivity contribution in [3.8, 4) is 5.69 Å². The molecular weight excluding hydrogens is 454 g/mol. The van der Waals surface area contributed by atoms with Crippen molar-refractivity contribution >= 4 is 28.0 Å². The summed E-state index contributed by atoms with van der Waals surface area (Å²) >= 11 is 0. The van der Waals surface area contributed by atoms with Crippen molar-refractivity contribution in [1.82, 2.24) is 19.7 Å². The van der Waals surface area contributed by atoms with E-state index in [4.69, 9.17) is 9.72 Å². The van der Waals surface area contributed by atoms with Crippen LogP contribution in [-0.2, 0) is 9.53 Å². The van der Waals surface area contributed by atoms with Gasteiger partial charge in [-0.05, 0) is 62.6 Å². The van der Waals surface area contributed by atoms with Gasteiger partial charge in [0.2, 0.25) is 0 Å². The van der Waals surface area contributed by atoms with E-state index < -0.39 is 17.6 Å². The molecule has 0 amide bonds. The first-order chi connectivity index (χ1) is 17.0. The van der Waals surface area contributed by atoms with E-state index in [9.17, 15) is 18.7 Å². The molecule has 1 aromatic carbocycles. The molecular formula is C26H26F2N4O3. The van der Waals surface area contributed by atoms with Crippen LogP contribution in [0, 0.1) is 17.6 Å². The monoisotopic (exact) mass is 480 g/mol. The van der Waals surface area contributed by atoms with Gasteiger partial charge in [-0.1, -0.05) is 0 Å². The van der Waals surface area contributed by atoms with Gasteiger partial charge in [-0.2, -0.15) is 5.10 Å². The number of halogens is 2. The number of H-pyrrole nitrogens is 1. The van der Waals surface area contributed by atoms with Gasteiger partial charge in [0.25, 0.3) is 0 Å². The fraction of sp³-hybridized carbons (Fsp3) is 0.423. The number of aromatic amines is 1. The zero-order valence-corrected chi connectivity index (χ0v) is 19.1. The topological polar surface area (TPSA) is 93.0 Å². The lowest BCUT2D eigenvalue weighted by Crippen LogP contribution is -2.23. The highest BCUT2D eigenvalue weighted by molar-refractivity contribution is 5.93. The van der Waals surface area contributed by atoms with Crippen molar-refractivity contribution in [2.24, 2.45) is 5.92 Å². The average Bonchev–Trinajstić information content (AvgIpc) is 3.46. The number of nitrogens with one attached hydrogen (secondary N) is 1. The van der Waals surface area contributed by atoms with Crippen LogP contribution in [0.15, 0.2) is 30.5 Å². The predicted octanol–water partition coefficient (Wildman–Crippen LogP) is 5.43. The Labute approximate surface area is 200 Å². The number of rotatable bonds is 4. The van der Waals surface area contributed by atoms with Crippen LogP contribution in [0.3, 0.4) is 0 Å². The first kappa shape index (κ1) is 22.2. The molecule has 0 spiro atoms. The molecule has 1 saturated heterocycles. The van der Waals surface area contributed by atoms with Crippen LogP contribution in [0.5, 0.6) is 0 Å². The number of aromatic nitrogens is 4. The largest absolute Gasteiger partial charge is 0.481 e. The van der Waals surface area contributed by atoms with Crippen LogP contribution in [0.4, 0.5) is 8.78 Å². The number of hydrogen-bond acceptors (Lipinski definition) is 4. The summed E-state index contributed by atoms with van der Waals surface area (Å²) in [4.78, 5) is 16.5. The zero-order valence-electron chi connectivity index (χ0n) is 19.1. The molecule has 0 atom stereocenters. The molecule has 35 heavy (non-hydrogen) atoms. The second kappa shape index (κ2) is 8.71. The summed E-state index contributed by atoms with van der Waals surface area (Å²) in [6.07, 6.45) is 6.04. The second-order valence-corrected chi connectivity index (χ2v) is 9.67. The molecule has 2 N–H and O–H groups in total. The Morgan fingerprint density at radius 1 is 1.03 bits per heavy atom. The summed E-state index contributed by atoms with van der Waals surface area (Å²) in [6, 6.07) is 6.00. The summed E-state index contributed by atoms with van der Waals surface area (Å²) in [6.45, 7) is 1.26. The first-order valence-electron chi connectivity index (χ1n) is 12.2. The Kier molecular flexibility index (Phi) is 5.51. The highest BCUT2D eigenvalue weighted by Crippen LogP contribution is 2.46. The third-order valence-corrected chi connectivity index (χ3v) is 7.67. The number of carboxylic acid groups (broad SMARTS) is 1. The van der Waals surface area contributed by atoms with Gasteiger partial charge in [0, 0.05) is 47.5 Å². The number of carboxylic acids is 1. The number of hydrogen-bond donors (Lipinski definition) is 2. The third-order valence-electron chi connectivity index (χ3n) is 7.67. The summed E-state index contributed by atoms with van der Waals surface area (Å²) in [5, 5.41) is 17.4. The second-order valence-electron chi connectivity index (χ2n) is 9.67. The minimum Gasteiger partial charge on any atom is -0.481 e. The van der Waals surface area contributed by atoms with Gasteiger partial charge in [0.15, 0.2) is 17.3 Å². The van der Waals surface area contributed by atoms with Crippen molar-refractivity contribution in [2.75, 3.05) is 13.2 Å². The number of benzene rings is 1. The zero-order chi connectivity index (χ0) is 24.1. The number of carbonyl (C=O) groups is 1. The van der Waals surface area contributed by atoms with Gasteiger partial charge in [-0.25, -0.2) is 13.8 Å². The molecule has 2 aliphatic rings. The highest BCUT2D eigenvalue weighted by atomic mass is 19.2. The van der Waals surface area contributed by atoms with Crippen LogP contribution in [0.25, 0.3) is 27.8 Å². The van der Waals surface area contributed by atoms with Crippen molar-refractivity contribution in [1.29, 1.82) is 0 Å². The lowest BCUT2D eigenvalue weighted by atomic mass is 9.76. The molecule has 4 aromatic rings. The van der Waals surface area contributed by atoms with Crippen molar-refractivity contribution in [3.05, 3.63) is 53.4 Å². The van der Waals surface area contributed by atoms with Crippen LogP contribution >= 0.6 is 0 Å². The van der Waals surface area contributed by atoms with E-state index in [-0.39, 0.29) is 17.8 Å². The molecule has 0 unspecified atom stereocenters. The van der Waals surface area contributed by atoms with Gasteiger partial charge in [0.1, 0.15) is 0 Å².